The molecule has 1 aliphatic carbocycles. The van der Waals surface area contributed by atoms with E-state index in [9.17, 15) is 9.59 Å². The molecule has 130 valence electrons. The zero-order chi connectivity index (χ0) is 17.6. The lowest BCUT2D eigenvalue weighted by Gasteiger charge is -2.24. The van der Waals surface area contributed by atoms with Crippen molar-refractivity contribution in [1.82, 2.24) is 19.7 Å². The van der Waals surface area contributed by atoms with Gasteiger partial charge in [-0.15, -0.1) is 0 Å². The highest BCUT2D eigenvalue weighted by Crippen LogP contribution is 2.31. The van der Waals surface area contributed by atoms with Crippen molar-refractivity contribution in [3.8, 4) is 0 Å². The zero-order valence-electron chi connectivity index (χ0n) is 14.3. The Morgan fingerprint density at radius 2 is 2.20 bits per heavy atom. The first-order valence-electron chi connectivity index (χ1n) is 8.44. The Morgan fingerprint density at radius 3 is 3.04 bits per heavy atom. The van der Waals surface area contributed by atoms with Gasteiger partial charge in [0.05, 0.1) is 17.3 Å². The number of nitrogens with zero attached hydrogens (tertiary/aromatic N) is 3. The molecule has 4 rings (SSSR count). The zero-order valence-corrected chi connectivity index (χ0v) is 14.3. The summed E-state index contributed by atoms with van der Waals surface area (Å²) in [5.41, 5.74) is 4.37. The number of aryl methyl sites for hydroxylation is 2. The summed E-state index contributed by atoms with van der Waals surface area (Å²) in [5, 5.41) is 7.54. The number of aromatic nitrogens is 3. The summed E-state index contributed by atoms with van der Waals surface area (Å²) in [6, 6.07) is 7.05. The Morgan fingerprint density at radius 1 is 1.40 bits per heavy atom. The number of oxazole rings is 1. The van der Waals surface area contributed by atoms with Gasteiger partial charge in [-0.2, -0.15) is 5.10 Å². The fourth-order valence-corrected chi connectivity index (χ4v) is 3.78. The van der Waals surface area contributed by atoms with E-state index in [2.05, 4.69) is 10.4 Å². The molecule has 1 aliphatic rings. The van der Waals surface area contributed by atoms with Crippen LogP contribution in [0, 0.1) is 6.92 Å². The van der Waals surface area contributed by atoms with Gasteiger partial charge in [0, 0.05) is 18.3 Å². The van der Waals surface area contributed by atoms with E-state index in [1.165, 1.54) is 10.3 Å². The minimum atomic E-state index is -0.516. The predicted molar refractivity (Wildman–Crippen MR) is 92.2 cm³/mol. The fourth-order valence-electron chi connectivity index (χ4n) is 3.78. The van der Waals surface area contributed by atoms with E-state index in [1.54, 1.807) is 18.2 Å². The third kappa shape index (κ3) is 2.65. The van der Waals surface area contributed by atoms with E-state index in [4.69, 9.17) is 4.42 Å². The highest BCUT2D eigenvalue weighted by molar-refractivity contribution is 5.79. The second kappa shape index (κ2) is 5.91. The van der Waals surface area contributed by atoms with Gasteiger partial charge in [0.15, 0.2) is 5.58 Å². The largest absolute Gasteiger partial charge is 0.420 e. The molecule has 0 spiro atoms. The maximum Gasteiger partial charge on any atom is 0.420 e. The van der Waals surface area contributed by atoms with E-state index >= 15 is 0 Å². The minimum Gasteiger partial charge on any atom is -0.408 e. The molecule has 7 nitrogen and oxygen atoms in total. The molecule has 1 aromatic carbocycles. The molecule has 1 atom stereocenters. The lowest BCUT2D eigenvalue weighted by molar-refractivity contribution is -0.122. The van der Waals surface area contributed by atoms with Gasteiger partial charge >= 0.3 is 5.76 Å². The number of para-hydroxylation sites is 2. The van der Waals surface area contributed by atoms with Crippen molar-refractivity contribution < 1.29 is 9.21 Å². The van der Waals surface area contributed by atoms with Crippen LogP contribution in [-0.2, 0) is 24.8 Å². The smallest absolute Gasteiger partial charge is 0.408 e. The van der Waals surface area contributed by atoms with Crippen molar-refractivity contribution in [2.24, 2.45) is 7.05 Å². The normalized spacial score (nSPS) is 16.8. The topological polar surface area (TPSA) is 82.1 Å². The van der Waals surface area contributed by atoms with E-state index < -0.39 is 5.76 Å². The van der Waals surface area contributed by atoms with E-state index in [0.717, 1.165) is 30.5 Å². The second-order valence-corrected chi connectivity index (χ2v) is 6.50. The summed E-state index contributed by atoms with van der Waals surface area (Å²) in [6.45, 7) is 1.92. The SMILES string of the molecule is Cc1nn(C)c2c1C(NC(=O)Cn1c(=O)oc3ccccc31)CCC2. The van der Waals surface area contributed by atoms with Crippen LogP contribution in [0.15, 0.2) is 33.5 Å². The third-order valence-electron chi connectivity index (χ3n) is 4.86. The van der Waals surface area contributed by atoms with Crippen LogP contribution in [0.5, 0.6) is 0 Å². The molecule has 0 saturated heterocycles. The van der Waals surface area contributed by atoms with Crippen molar-refractivity contribution in [1.29, 1.82) is 0 Å². The number of benzene rings is 1. The highest BCUT2D eigenvalue weighted by Gasteiger charge is 2.27. The fraction of sp³-hybridized carbons (Fsp3) is 0.389. The highest BCUT2D eigenvalue weighted by atomic mass is 16.4. The van der Waals surface area contributed by atoms with Gasteiger partial charge in [-0.3, -0.25) is 14.0 Å². The molecule has 25 heavy (non-hydrogen) atoms. The van der Waals surface area contributed by atoms with Crippen LogP contribution in [0.4, 0.5) is 0 Å². The Kier molecular flexibility index (Phi) is 3.71. The van der Waals surface area contributed by atoms with Crippen LogP contribution in [0.2, 0.25) is 0 Å². The van der Waals surface area contributed by atoms with Crippen molar-refractivity contribution in [3.63, 3.8) is 0 Å². The van der Waals surface area contributed by atoms with Crippen LogP contribution in [0.3, 0.4) is 0 Å². The molecule has 2 heterocycles. The monoisotopic (exact) mass is 340 g/mol. The van der Waals surface area contributed by atoms with Gasteiger partial charge in [0.1, 0.15) is 6.54 Å². The number of rotatable bonds is 3. The number of fused-ring (bicyclic) bond motifs is 2. The van der Waals surface area contributed by atoms with Crippen LogP contribution in [-0.4, -0.2) is 20.3 Å². The Hall–Kier alpha value is -2.83. The van der Waals surface area contributed by atoms with Gasteiger partial charge in [-0.1, -0.05) is 12.1 Å². The number of carbonyl (C=O) groups is 1. The predicted octanol–water partition coefficient (Wildman–Crippen LogP) is 1.83. The molecule has 1 unspecified atom stereocenters. The van der Waals surface area contributed by atoms with Crippen LogP contribution >= 0.6 is 0 Å². The molecule has 0 saturated carbocycles. The first kappa shape index (κ1) is 15.7. The second-order valence-electron chi connectivity index (χ2n) is 6.50. The summed E-state index contributed by atoms with van der Waals surface area (Å²) in [6.07, 6.45) is 2.86. The summed E-state index contributed by atoms with van der Waals surface area (Å²) in [5.74, 6) is -0.715. The molecule has 7 heteroatoms. The first-order chi connectivity index (χ1) is 12.0. The van der Waals surface area contributed by atoms with Gasteiger partial charge in [0.2, 0.25) is 5.91 Å². The lowest BCUT2D eigenvalue weighted by Crippen LogP contribution is -2.35. The maximum absolute atomic E-state index is 12.6. The number of amides is 1. The molecular weight excluding hydrogens is 320 g/mol. The van der Waals surface area contributed by atoms with Gasteiger partial charge in [0.25, 0.3) is 0 Å². The van der Waals surface area contributed by atoms with E-state index in [-0.39, 0.29) is 18.5 Å². The van der Waals surface area contributed by atoms with Crippen LogP contribution in [0.1, 0.15) is 35.8 Å². The molecule has 1 N–H and O–H groups in total. The van der Waals surface area contributed by atoms with Gasteiger partial charge < -0.3 is 9.73 Å². The molecular formula is C18H20N4O3. The summed E-state index contributed by atoms with van der Waals surface area (Å²) >= 11 is 0. The third-order valence-corrected chi connectivity index (χ3v) is 4.86. The lowest BCUT2D eigenvalue weighted by atomic mass is 9.91. The van der Waals surface area contributed by atoms with E-state index in [0.29, 0.717) is 11.1 Å². The average Bonchev–Trinajstić information content (AvgIpc) is 3.05. The first-order valence-corrected chi connectivity index (χ1v) is 8.44. The molecule has 1 amide bonds. The molecule has 0 aliphatic heterocycles. The molecule has 0 fully saturated rings. The quantitative estimate of drug-likeness (QED) is 0.788. The number of nitrogens with one attached hydrogen (secondary N) is 1. The molecule has 2 aromatic heterocycles. The van der Waals surface area contributed by atoms with Crippen molar-refractivity contribution in [2.75, 3.05) is 0 Å². The minimum absolute atomic E-state index is 0.0546. The van der Waals surface area contributed by atoms with Gasteiger partial charge in [-0.05, 0) is 38.3 Å². The molecule has 0 bridgehead atoms. The standard InChI is InChI=1S/C18H20N4O3/c1-11-17-12(6-5-8-14(17)21(2)20-11)19-16(23)10-22-13-7-3-4-9-15(13)25-18(22)24/h3-4,7,9,12H,5-6,8,10H2,1-2H3,(H,19,23). The van der Waals surface area contributed by atoms with Crippen molar-refractivity contribution in [3.05, 3.63) is 51.8 Å². The summed E-state index contributed by atoms with van der Waals surface area (Å²) in [7, 11) is 1.94. The summed E-state index contributed by atoms with van der Waals surface area (Å²) in [4.78, 5) is 24.6. The van der Waals surface area contributed by atoms with E-state index in [1.807, 2.05) is 24.7 Å². The van der Waals surface area contributed by atoms with Gasteiger partial charge in [-0.25, -0.2) is 4.79 Å². The average molecular weight is 340 g/mol. The number of hydrogen-bond donors (Lipinski definition) is 1. The van der Waals surface area contributed by atoms with Crippen molar-refractivity contribution >= 4 is 17.0 Å². The van der Waals surface area contributed by atoms with Crippen molar-refractivity contribution in [2.45, 2.75) is 38.8 Å². The Balaban J connectivity index is 1.58. The Bertz CT molecular complexity index is 1010. The molecule has 3 aromatic rings. The van der Waals surface area contributed by atoms with Crippen LogP contribution < -0.4 is 11.1 Å². The Labute approximate surface area is 144 Å². The number of hydrogen-bond acceptors (Lipinski definition) is 4. The molecule has 0 radical (unpaired) electrons. The maximum atomic E-state index is 12.6. The number of carbonyl (C=O) groups excluding carboxylic acids is 1. The summed E-state index contributed by atoms with van der Waals surface area (Å²) < 4.78 is 8.45. The van der Waals surface area contributed by atoms with Crippen LogP contribution in [0.25, 0.3) is 11.1 Å².